The minimum absolute atomic E-state index is 0.0176. The van der Waals surface area contributed by atoms with E-state index in [9.17, 15) is 4.79 Å². The normalized spacial score (nSPS) is 17.6. The van der Waals surface area contributed by atoms with Crippen LogP contribution in [0.4, 0.5) is 5.82 Å². The highest BCUT2D eigenvalue weighted by Crippen LogP contribution is 2.53. The molecule has 2 aliphatic rings. The van der Waals surface area contributed by atoms with Crippen molar-refractivity contribution in [1.82, 2.24) is 14.9 Å². The lowest BCUT2D eigenvalue weighted by molar-refractivity contribution is 0.0329. The highest BCUT2D eigenvalue weighted by Gasteiger charge is 2.51. The van der Waals surface area contributed by atoms with E-state index in [1.165, 1.54) is 12.8 Å². The number of carbonyl (C=O) groups is 1. The van der Waals surface area contributed by atoms with Gasteiger partial charge in [-0.3, -0.25) is 4.79 Å². The van der Waals surface area contributed by atoms with Crippen molar-refractivity contribution in [2.75, 3.05) is 24.5 Å². The van der Waals surface area contributed by atoms with E-state index in [0.29, 0.717) is 29.0 Å². The average Bonchev–Trinajstić information content (AvgIpc) is 2.65. The van der Waals surface area contributed by atoms with Crippen molar-refractivity contribution >= 4 is 11.7 Å². The molecule has 0 atom stereocenters. The van der Waals surface area contributed by atoms with Crippen LogP contribution in [0, 0.1) is 18.3 Å². The number of amides is 1. The van der Waals surface area contributed by atoms with Crippen molar-refractivity contribution in [3.63, 3.8) is 0 Å². The molecule has 1 aliphatic carbocycles. The van der Waals surface area contributed by atoms with E-state index in [4.69, 9.17) is 4.74 Å². The van der Waals surface area contributed by atoms with Crippen molar-refractivity contribution in [3.05, 3.63) is 41.9 Å². The van der Waals surface area contributed by atoms with Crippen LogP contribution in [0.5, 0.6) is 11.5 Å². The predicted molar refractivity (Wildman–Crippen MR) is 118 cm³/mol. The molecule has 2 aromatic rings. The first-order chi connectivity index (χ1) is 14.3. The number of benzene rings is 1. The molecule has 160 valence electrons. The van der Waals surface area contributed by atoms with Crippen molar-refractivity contribution in [2.45, 2.75) is 53.5 Å². The second kappa shape index (κ2) is 7.89. The van der Waals surface area contributed by atoms with E-state index in [2.05, 4.69) is 21.8 Å². The summed E-state index contributed by atoms with van der Waals surface area (Å²) in [5, 5.41) is 0. The summed E-state index contributed by atoms with van der Waals surface area (Å²) in [6.07, 6.45) is 5.85. The number of aryl methyl sites for hydroxylation is 1. The molecule has 1 saturated heterocycles. The van der Waals surface area contributed by atoms with Crippen LogP contribution in [-0.2, 0) is 0 Å². The lowest BCUT2D eigenvalue weighted by Crippen LogP contribution is -2.62. The second-order valence-electron chi connectivity index (χ2n) is 9.37. The highest BCUT2D eigenvalue weighted by atomic mass is 16.5. The predicted octanol–water partition coefficient (Wildman–Crippen LogP) is 4.68. The number of hydrogen-bond donors (Lipinski definition) is 0. The molecule has 6 heteroatoms. The second-order valence-corrected chi connectivity index (χ2v) is 9.37. The van der Waals surface area contributed by atoms with E-state index < -0.39 is 0 Å². The Morgan fingerprint density at radius 1 is 1.30 bits per heavy atom. The summed E-state index contributed by atoms with van der Waals surface area (Å²) >= 11 is 0. The van der Waals surface area contributed by atoms with Crippen LogP contribution in [-0.4, -0.2) is 46.5 Å². The summed E-state index contributed by atoms with van der Waals surface area (Å²) in [6, 6.07) is 5.86. The van der Waals surface area contributed by atoms with Crippen molar-refractivity contribution in [3.8, 4) is 11.5 Å². The summed E-state index contributed by atoms with van der Waals surface area (Å²) in [5.74, 6) is 2.77. The van der Waals surface area contributed by atoms with Gasteiger partial charge in [-0.25, -0.2) is 9.97 Å². The Bertz CT molecular complexity index is 929. The fourth-order valence-corrected chi connectivity index (χ4v) is 5.13. The molecule has 0 bridgehead atoms. The fourth-order valence-electron chi connectivity index (χ4n) is 5.13. The summed E-state index contributed by atoms with van der Waals surface area (Å²) in [4.78, 5) is 26.0. The molecule has 1 amide bonds. The van der Waals surface area contributed by atoms with Gasteiger partial charge in [0.1, 0.15) is 12.1 Å². The molecule has 2 heterocycles. The van der Waals surface area contributed by atoms with Crippen molar-refractivity contribution < 1.29 is 9.53 Å². The molecule has 0 radical (unpaired) electrons. The standard InChI is InChI=1S/C24H32N4O2/c1-6-28(16(2)3)23(29)19-9-17(4)7-8-20(19)30-21-12-25-15-26-22(21)27-13-24(14-27)10-18(5)11-24/h7-9,12,15-16,18H,6,10-11,13-14H2,1-5H3. The molecule has 1 aromatic carbocycles. The molecule has 4 rings (SSSR count). The third kappa shape index (κ3) is 3.75. The van der Waals surface area contributed by atoms with Gasteiger partial charge in [0, 0.05) is 31.1 Å². The highest BCUT2D eigenvalue weighted by molar-refractivity contribution is 5.97. The van der Waals surface area contributed by atoms with E-state index in [1.807, 2.05) is 50.8 Å². The smallest absolute Gasteiger partial charge is 0.257 e. The number of anilines is 1. The topological polar surface area (TPSA) is 58.6 Å². The summed E-state index contributed by atoms with van der Waals surface area (Å²) in [7, 11) is 0. The van der Waals surface area contributed by atoms with E-state index in [1.54, 1.807) is 12.5 Å². The van der Waals surface area contributed by atoms with Gasteiger partial charge in [0.15, 0.2) is 11.6 Å². The maximum Gasteiger partial charge on any atom is 0.257 e. The molecule has 30 heavy (non-hydrogen) atoms. The Labute approximate surface area is 179 Å². The van der Waals surface area contributed by atoms with E-state index in [-0.39, 0.29) is 11.9 Å². The molecule has 2 fully saturated rings. The summed E-state index contributed by atoms with van der Waals surface area (Å²) in [5.41, 5.74) is 2.07. The van der Waals surface area contributed by atoms with E-state index in [0.717, 1.165) is 30.4 Å². The van der Waals surface area contributed by atoms with Gasteiger partial charge in [0.25, 0.3) is 5.91 Å². The number of nitrogens with zero attached hydrogens (tertiary/aromatic N) is 4. The number of rotatable bonds is 6. The first kappa shape index (κ1) is 20.6. The zero-order valence-corrected chi connectivity index (χ0v) is 18.7. The number of aromatic nitrogens is 2. The fraction of sp³-hybridized carbons (Fsp3) is 0.542. The first-order valence-electron chi connectivity index (χ1n) is 11.0. The molecular weight excluding hydrogens is 376 g/mol. The summed E-state index contributed by atoms with van der Waals surface area (Å²) < 4.78 is 6.27. The molecule has 0 N–H and O–H groups in total. The van der Waals surface area contributed by atoms with Crippen LogP contribution < -0.4 is 9.64 Å². The molecule has 0 unspecified atom stereocenters. The lowest BCUT2D eigenvalue weighted by Gasteiger charge is -2.59. The number of carbonyl (C=O) groups excluding carboxylic acids is 1. The van der Waals surface area contributed by atoms with Crippen LogP contribution >= 0.6 is 0 Å². The maximum atomic E-state index is 13.2. The lowest BCUT2D eigenvalue weighted by atomic mass is 9.58. The third-order valence-corrected chi connectivity index (χ3v) is 6.38. The Kier molecular flexibility index (Phi) is 5.43. The molecule has 1 spiro atoms. The largest absolute Gasteiger partial charge is 0.451 e. The van der Waals surface area contributed by atoms with Gasteiger partial charge in [-0.05, 0) is 58.6 Å². The van der Waals surface area contributed by atoms with Gasteiger partial charge >= 0.3 is 0 Å². The summed E-state index contributed by atoms with van der Waals surface area (Å²) in [6.45, 7) is 13.0. The average molecular weight is 409 g/mol. The van der Waals surface area contributed by atoms with Crippen LogP contribution in [0.15, 0.2) is 30.7 Å². The maximum absolute atomic E-state index is 13.2. The van der Waals surface area contributed by atoms with Crippen molar-refractivity contribution in [2.24, 2.45) is 11.3 Å². The first-order valence-corrected chi connectivity index (χ1v) is 11.0. The zero-order chi connectivity index (χ0) is 21.5. The van der Waals surface area contributed by atoms with Crippen LogP contribution in [0.1, 0.15) is 56.5 Å². The Balaban J connectivity index is 1.59. The molecule has 1 aliphatic heterocycles. The van der Waals surface area contributed by atoms with E-state index >= 15 is 0 Å². The number of ether oxygens (including phenoxy) is 1. The molecule has 6 nitrogen and oxygen atoms in total. The molecular formula is C24H32N4O2. The molecule has 1 aromatic heterocycles. The molecule has 1 saturated carbocycles. The number of hydrogen-bond acceptors (Lipinski definition) is 5. The zero-order valence-electron chi connectivity index (χ0n) is 18.7. The monoisotopic (exact) mass is 408 g/mol. The van der Waals surface area contributed by atoms with Crippen LogP contribution in [0.3, 0.4) is 0 Å². The quantitative estimate of drug-likeness (QED) is 0.694. The van der Waals surface area contributed by atoms with Gasteiger partial charge in [-0.2, -0.15) is 0 Å². The minimum atomic E-state index is -0.0176. The van der Waals surface area contributed by atoms with Crippen LogP contribution in [0.25, 0.3) is 0 Å². The minimum Gasteiger partial charge on any atom is -0.451 e. The Morgan fingerprint density at radius 2 is 2.03 bits per heavy atom. The third-order valence-electron chi connectivity index (χ3n) is 6.38. The van der Waals surface area contributed by atoms with Gasteiger partial charge < -0.3 is 14.5 Å². The van der Waals surface area contributed by atoms with Gasteiger partial charge in [-0.1, -0.05) is 18.6 Å². The Hall–Kier alpha value is -2.63. The van der Waals surface area contributed by atoms with Gasteiger partial charge in [-0.15, -0.1) is 0 Å². The SMILES string of the molecule is CCN(C(=O)c1cc(C)ccc1Oc1cncnc1N1CC2(CC(C)C2)C1)C(C)C. The van der Waals surface area contributed by atoms with Crippen LogP contribution in [0.2, 0.25) is 0 Å². The Morgan fingerprint density at radius 3 is 2.67 bits per heavy atom. The van der Waals surface area contributed by atoms with Gasteiger partial charge in [0.2, 0.25) is 0 Å². The van der Waals surface area contributed by atoms with Crippen molar-refractivity contribution in [1.29, 1.82) is 0 Å². The van der Waals surface area contributed by atoms with Gasteiger partial charge in [0.05, 0.1) is 11.8 Å².